The van der Waals surface area contributed by atoms with E-state index < -0.39 is 0 Å². The number of nitrogens with one attached hydrogen (secondary N) is 1. The van der Waals surface area contributed by atoms with Crippen molar-refractivity contribution < 1.29 is 9.47 Å². The molecule has 0 amide bonds. The van der Waals surface area contributed by atoms with Crippen molar-refractivity contribution in [1.29, 1.82) is 0 Å². The van der Waals surface area contributed by atoms with Gasteiger partial charge in [-0.05, 0) is 62.4 Å². The Bertz CT molecular complexity index is 428. The van der Waals surface area contributed by atoms with Gasteiger partial charge in [0.25, 0.3) is 0 Å². The molecule has 0 saturated carbocycles. The van der Waals surface area contributed by atoms with E-state index in [1.807, 2.05) is 0 Å². The number of rotatable bonds is 6. The molecule has 2 atom stereocenters. The first-order valence-electron chi connectivity index (χ1n) is 6.98. The average Bonchev–Trinajstić information content (AvgIpc) is 2.47. The van der Waals surface area contributed by atoms with Crippen LogP contribution in [0.25, 0.3) is 0 Å². The molecular weight excluding hydrogens is 386 g/mol. The summed E-state index contributed by atoms with van der Waals surface area (Å²) in [6, 6.07) is 6.38. The van der Waals surface area contributed by atoms with Crippen molar-refractivity contribution in [2.75, 3.05) is 33.4 Å². The van der Waals surface area contributed by atoms with Gasteiger partial charge in [0.1, 0.15) is 0 Å². The number of hydrogen-bond donors (Lipinski definition) is 1. The molecule has 2 unspecified atom stereocenters. The van der Waals surface area contributed by atoms with Gasteiger partial charge >= 0.3 is 0 Å². The molecule has 20 heavy (non-hydrogen) atoms. The molecule has 1 saturated heterocycles. The second kappa shape index (κ2) is 8.49. The molecule has 1 aliphatic heterocycles. The maximum atomic E-state index is 6.02. The van der Waals surface area contributed by atoms with Gasteiger partial charge in [-0.1, -0.05) is 6.07 Å². The van der Waals surface area contributed by atoms with Gasteiger partial charge in [-0.25, -0.2) is 0 Å². The van der Waals surface area contributed by atoms with Gasteiger partial charge in [0.05, 0.1) is 12.7 Å². The first-order valence-corrected chi connectivity index (χ1v) is 8.57. The lowest BCUT2D eigenvalue weighted by Gasteiger charge is -2.32. The van der Waals surface area contributed by atoms with Crippen LogP contribution < -0.4 is 5.32 Å². The summed E-state index contributed by atoms with van der Waals surface area (Å²) in [6.45, 7) is 3.47. The van der Waals surface area contributed by atoms with Gasteiger partial charge in [0.15, 0.2) is 0 Å². The molecule has 2 rings (SSSR count). The molecule has 1 aromatic carbocycles. The van der Waals surface area contributed by atoms with Crippen molar-refractivity contribution in [1.82, 2.24) is 5.32 Å². The van der Waals surface area contributed by atoms with Gasteiger partial charge in [0.2, 0.25) is 0 Å². The van der Waals surface area contributed by atoms with Gasteiger partial charge in [0, 0.05) is 41.7 Å². The third kappa shape index (κ3) is 4.53. The molecule has 0 aliphatic carbocycles. The minimum absolute atomic E-state index is 0.184. The highest BCUT2D eigenvalue weighted by molar-refractivity contribution is 9.13. The number of hydrogen-bond acceptors (Lipinski definition) is 3. The van der Waals surface area contributed by atoms with Gasteiger partial charge in [-0.3, -0.25) is 0 Å². The molecular formula is C15H21Br2NO2. The normalized spacial score (nSPS) is 22.9. The van der Waals surface area contributed by atoms with Crippen LogP contribution in [0.3, 0.4) is 0 Å². The van der Waals surface area contributed by atoms with Crippen molar-refractivity contribution in [3.63, 3.8) is 0 Å². The zero-order valence-corrected chi connectivity index (χ0v) is 14.9. The summed E-state index contributed by atoms with van der Waals surface area (Å²) in [7, 11) is 1.73. The number of methoxy groups -OCH3 is 1. The smallest absolute Gasteiger partial charge is 0.0865 e. The van der Waals surface area contributed by atoms with E-state index in [9.17, 15) is 0 Å². The van der Waals surface area contributed by atoms with E-state index in [-0.39, 0.29) is 6.10 Å². The highest BCUT2D eigenvalue weighted by atomic mass is 79.9. The lowest BCUT2D eigenvalue weighted by molar-refractivity contribution is -0.0280. The molecule has 1 N–H and O–H groups in total. The molecule has 0 radical (unpaired) electrons. The molecule has 0 spiro atoms. The summed E-state index contributed by atoms with van der Waals surface area (Å²) >= 11 is 7.08. The summed E-state index contributed by atoms with van der Waals surface area (Å²) in [5.74, 6) is 0.522. The Labute approximate surface area is 137 Å². The zero-order chi connectivity index (χ0) is 14.4. The molecule has 0 bridgehead atoms. The molecule has 1 heterocycles. The van der Waals surface area contributed by atoms with Gasteiger partial charge < -0.3 is 14.8 Å². The third-order valence-corrected chi connectivity index (χ3v) is 5.49. The lowest BCUT2D eigenvalue weighted by atomic mass is 9.89. The summed E-state index contributed by atoms with van der Waals surface area (Å²) < 4.78 is 13.2. The van der Waals surface area contributed by atoms with Crippen LogP contribution in [0.1, 0.15) is 24.5 Å². The Balaban J connectivity index is 2.00. The average molecular weight is 407 g/mol. The van der Waals surface area contributed by atoms with E-state index in [2.05, 4.69) is 55.4 Å². The van der Waals surface area contributed by atoms with Crippen LogP contribution in [-0.4, -0.2) is 33.4 Å². The molecule has 1 fully saturated rings. The van der Waals surface area contributed by atoms with E-state index in [1.165, 1.54) is 12.0 Å². The van der Waals surface area contributed by atoms with Crippen LogP contribution >= 0.6 is 31.9 Å². The van der Waals surface area contributed by atoms with Crippen molar-refractivity contribution >= 4 is 31.9 Å². The maximum Gasteiger partial charge on any atom is 0.0865 e. The van der Waals surface area contributed by atoms with Crippen LogP contribution in [0.15, 0.2) is 27.1 Å². The summed E-state index contributed by atoms with van der Waals surface area (Å²) in [5, 5.41) is 3.46. The number of ether oxygens (including phenoxy) is 2. The quantitative estimate of drug-likeness (QED) is 0.726. The Morgan fingerprint density at radius 2 is 2.20 bits per heavy atom. The molecule has 3 nitrogen and oxygen atoms in total. The predicted molar refractivity (Wildman–Crippen MR) is 88.0 cm³/mol. The zero-order valence-electron chi connectivity index (χ0n) is 11.7. The summed E-state index contributed by atoms with van der Waals surface area (Å²) in [5.41, 5.74) is 1.25. The van der Waals surface area contributed by atoms with Crippen LogP contribution in [0.5, 0.6) is 0 Å². The molecule has 112 valence electrons. The van der Waals surface area contributed by atoms with Gasteiger partial charge in [-0.15, -0.1) is 0 Å². The molecule has 1 aromatic rings. The Hall–Kier alpha value is 0.0600. The van der Waals surface area contributed by atoms with Crippen molar-refractivity contribution in [3.05, 3.63) is 32.7 Å². The Morgan fingerprint density at radius 3 is 2.95 bits per heavy atom. The Kier molecular flexibility index (Phi) is 6.97. The molecule has 0 aromatic heterocycles. The van der Waals surface area contributed by atoms with Crippen LogP contribution in [0.2, 0.25) is 0 Å². The Morgan fingerprint density at radius 1 is 1.35 bits per heavy atom. The highest BCUT2D eigenvalue weighted by Crippen LogP contribution is 2.36. The highest BCUT2D eigenvalue weighted by Gasteiger charge is 2.27. The minimum atomic E-state index is 0.184. The standard InChI is InChI=1S/C15H21Br2NO2/c1-19-8-6-18-10-12-3-2-7-20-15(12)11-4-5-13(16)14(17)9-11/h4-5,9,12,15,18H,2-3,6-8,10H2,1H3. The van der Waals surface area contributed by atoms with E-state index in [1.54, 1.807) is 7.11 Å². The number of halogens is 2. The number of benzene rings is 1. The third-order valence-electron chi connectivity index (χ3n) is 3.61. The lowest BCUT2D eigenvalue weighted by Crippen LogP contribution is -2.33. The van der Waals surface area contributed by atoms with Crippen molar-refractivity contribution in [3.8, 4) is 0 Å². The molecule has 5 heteroatoms. The topological polar surface area (TPSA) is 30.5 Å². The van der Waals surface area contributed by atoms with Crippen molar-refractivity contribution in [2.45, 2.75) is 18.9 Å². The molecule has 1 aliphatic rings. The maximum absolute atomic E-state index is 6.02. The summed E-state index contributed by atoms with van der Waals surface area (Å²) in [6.07, 6.45) is 2.53. The van der Waals surface area contributed by atoms with E-state index in [0.717, 1.165) is 41.7 Å². The first kappa shape index (κ1) is 16.4. The van der Waals surface area contributed by atoms with Crippen molar-refractivity contribution in [2.24, 2.45) is 5.92 Å². The SMILES string of the molecule is COCCNCC1CCCOC1c1ccc(Br)c(Br)c1. The first-order chi connectivity index (χ1) is 9.72. The fourth-order valence-corrected chi connectivity index (χ4v) is 3.21. The van der Waals surface area contributed by atoms with Gasteiger partial charge in [-0.2, -0.15) is 0 Å². The van der Waals surface area contributed by atoms with E-state index in [4.69, 9.17) is 9.47 Å². The van der Waals surface area contributed by atoms with Crippen LogP contribution in [0.4, 0.5) is 0 Å². The van der Waals surface area contributed by atoms with E-state index >= 15 is 0 Å². The largest absolute Gasteiger partial charge is 0.383 e. The second-order valence-electron chi connectivity index (χ2n) is 5.06. The summed E-state index contributed by atoms with van der Waals surface area (Å²) in [4.78, 5) is 0. The predicted octanol–water partition coefficient (Wildman–Crippen LogP) is 3.92. The van der Waals surface area contributed by atoms with Crippen LogP contribution in [0, 0.1) is 5.92 Å². The second-order valence-corrected chi connectivity index (χ2v) is 6.77. The fourth-order valence-electron chi connectivity index (χ4n) is 2.57. The monoisotopic (exact) mass is 405 g/mol. The fraction of sp³-hybridized carbons (Fsp3) is 0.600. The minimum Gasteiger partial charge on any atom is -0.383 e. The van der Waals surface area contributed by atoms with Crippen LogP contribution in [-0.2, 0) is 9.47 Å². The van der Waals surface area contributed by atoms with E-state index in [0.29, 0.717) is 5.92 Å².